The van der Waals surface area contributed by atoms with Crippen LogP contribution in [0.4, 0.5) is 10.5 Å². The number of nitriles is 1. The monoisotopic (exact) mass is 377 g/mol. The van der Waals surface area contributed by atoms with E-state index in [1.54, 1.807) is 12.3 Å². The first kappa shape index (κ1) is 19.8. The highest BCUT2D eigenvalue weighted by Gasteiger charge is 2.42. The predicted molar refractivity (Wildman–Crippen MR) is 109 cm³/mol. The van der Waals surface area contributed by atoms with E-state index in [4.69, 9.17) is 0 Å². The Morgan fingerprint density at radius 3 is 2.54 bits per heavy atom. The second-order valence-corrected chi connectivity index (χ2v) is 8.52. The molecule has 0 spiro atoms. The number of hydrogen-bond donors (Lipinski definition) is 2. The lowest BCUT2D eigenvalue weighted by Gasteiger charge is -2.43. The summed E-state index contributed by atoms with van der Waals surface area (Å²) < 4.78 is 0. The third-order valence-corrected chi connectivity index (χ3v) is 5.70. The molecule has 1 fully saturated rings. The Hall–Kier alpha value is -2.94. The second-order valence-electron chi connectivity index (χ2n) is 8.52. The van der Waals surface area contributed by atoms with Gasteiger partial charge in [-0.05, 0) is 68.2 Å². The maximum atomic E-state index is 12.9. The summed E-state index contributed by atoms with van der Waals surface area (Å²) in [5.41, 5.74) is 3.21. The number of carbonyl (C=O) groups excluding carboxylic acids is 1. The minimum atomic E-state index is -0.605. The first-order valence-electron chi connectivity index (χ1n) is 9.63. The quantitative estimate of drug-likeness (QED) is 0.819. The molecule has 1 aliphatic carbocycles. The Morgan fingerprint density at radius 1 is 1.14 bits per heavy atom. The topological polar surface area (TPSA) is 90.7 Å². The van der Waals surface area contributed by atoms with Gasteiger partial charge in [0.2, 0.25) is 5.82 Å². The van der Waals surface area contributed by atoms with Crippen LogP contribution in [0.15, 0.2) is 30.5 Å². The van der Waals surface area contributed by atoms with Gasteiger partial charge in [0.15, 0.2) is 0 Å². The van der Waals surface area contributed by atoms with E-state index in [-0.39, 0.29) is 17.3 Å². The summed E-state index contributed by atoms with van der Waals surface area (Å²) in [6.45, 7) is 8.46. The van der Waals surface area contributed by atoms with Crippen molar-refractivity contribution >= 4 is 11.7 Å². The van der Waals surface area contributed by atoms with Gasteiger partial charge in [-0.3, -0.25) is 0 Å². The van der Waals surface area contributed by atoms with Gasteiger partial charge in [-0.2, -0.15) is 5.26 Å². The molecule has 2 N–H and O–H groups in total. The van der Waals surface area contributed by atoms with Gasteiger partial charge in [-0.15, -0.1) is 0 Å². The Labute approximate surface area is 166 Å². The molecule has 6 nitrogen and oxygen atoms in total. The average molecular weight is 377 g/mol. The molecule has 28 heavy (non-hydrogen) atoms. The number of anilines is 1. The molecular formula is C22H27N5O. The van der Waals surface area contributed by atoms with E-state index >= 15 is 0 Å². The number of nitrogens with zero attached hydrogens (tertiary/aromatic N) is 3. The smallest absolute Gasteiger partial charge is 0.319 e. The van der Waals surface area contributed by atoms with Gasteiger partial charge in [0.05, 0.1) is 11.2 Å². The van der Waals surface area contributed by atoms with Crippen LogP contribution in [0.3, 0.4) is 0 Å². The van der Waals surface area contributed by atoms with Crippen LogP contribution in [0.2, 0.25) is 0 Å². The van der Waals surface area contributed by atoms with Gasteiger partial charge >= 0.3 is 6.03 Å². The van der Waals surface area contributed by atoms with Gasteiger partial charge < -0.3 is 10.6 Å². The van der Waals surface area contributed by atoms with Crippen LogP contribution < -0.4 is 10.6 Å². The maximum Gasteiger partial charge on any atom is 0.319 e. The SMILES string of the molecule is Cc1ccc(C)c(NC(=O)NC2(c3ccnc(C#N)n3)CCC(C)(C)CC2)c1. The third-order valence-electron chi connectivity index (χ3n) is 5.70. The maximum absolute atomic E-state index is 12.9. The summed E-state index contributed by atoms with van der Waals surface area (Å²) in [5, 5.41) is 15.4. The number of nitrogens with one attached hydrogen (secondary N) is 2. The molecule has 0 bridgehead atoms. The molecule has 3 rings (SSSR count). The Morgan fingerprint density at radius 2 is 1.86 bits per heavy atom. The number of carbonyl (C=O) groups is 1. The van der Waals surface area contributed by atoms with Crippen molar-refractivity contribution in [1.82, 2.24) is 15.3 Å². The van der Waals surface area contributed by atoms with Crippen molar-refractivity contribution in [3.8, 4) is 6.07 Å². The molecule has 0 unspecified atom stereocenters. The summed E-state index contributed by atoms with van der Waals surface area (Å²) in [5.74, 6) is 0.124. The molecule has 1 aromatic heterocycles. The molecule has 1 saturated carbocycles. The highest BCUT2D eigenvalue weighted by Crippen LogP contribution is 2.44. The minimum absolute atomic E-state index is 0.124. The summed E-state index contributed by atoms with van der Waals surface area (Å²) in [6, 6.07) is 9.52. The molecule has 0 atom stereocenters. The lowest BCUT2D eigenvalue weighted by Crippen LogP contribution is -2.51. The van der Waals surface area contributed by atoms with E-state index in [2.05, 4.69) is 34.4 Å². The van der Waals surface area contributed by atoms with E-state index in [9.17, 15) is 10.1 Å². The second kappa shape index (κ2) is 7.59. The number of amides is 2. The van der Waals surface area contributed by atoms with Gasteiger partial charge in [-0.25, -0.2) is 14.8 Å². The van der Waals surface area contributed by atoms with Crippen molar-refractivity contribution in [1.29, 1.82) is 5.26 Å². The van der Waals surface area contributed by atoms with Crippen molar-refractivity contribution in [2.45, 2.75) is 58.9 Å². The zero-order chi connectivity index (χ0) is 20.4. The molecule has 2 amide bonds. The molecule has 2 aromatic rings. The number of rotatable bonds is 3. The number of urea groups is 1. The highest BCUT2D eigenvalue weighted by atomic mass is 16.2. The van der Waals surface area contributed by atoms with Gasteiger partial charge in [-0.1, -0.05) is 26.0 Å². The normalized spacial score (nSPS) is 17.4. The van der Waals surface area contributed by atoms with Crippen LogP contribution in [0.1, 0.15) is 62.2 Å². The summed E-state index contributed by atoms with van der Waals surface area (Å²) in [7, 11) is 0. The molecule has 6 heteroatoms. The lowest BCUT2D eigenvalue weighted by molar-refractivity contribution is 0.136. The van der Waals surface area contributed by atoms with Crippen LogP contribution in [0, 0.1) is 30.6 Å². The average Bonchev–Trinajstić information content (AvgIpc) is 2.66. The van der Waals surface area contributed by atoms with E-state index in [1.807, 2.05) is 38.1 Å². The molecule has 1 heterocycles. The van der Waals surface area contributed by atoms with E-state index in [0.29, 0.717) is 5.69 Å². The fraction of sp³-hybridized carbons (Fsp3) is 0.455. The van der Waals surface area contributed by atoms with Gasteiger partial charge in [0, 0.05) is 11.9 Å². The van der Waals surface area contributed by atoms with Crippen molar-refractivity contribution in [2.24, 2.45) is 5.41 Å². The van der Waals surface area contributed by atoms with Gasteiger partial charge in [0.1, 0.15) is 6.07 Å². The lowest BCUT2D eigenvalue weighted by atomic mass is 9.68. The summed E-state index contributed by atoms with van der Waals surface area (Å²) in [6.07, 6.45) is 5.04. The van der Waals surface area contributed by atoms with Crippen LogP contribution in [0.25, 0.3) is 0 Å². The van der Waals surface area contributed by atoms with Crippen molar-refractivity contribution in [2.75, 3.05) is 5.32 Å². The van der Waals surface area contributed by atoms with Crippen molar-refractivity contribution in [3.63, 3.8) is 0 Å². The number of hydrogen-bond acceptors (Lipinski definition) is 4. The third kappa shape index (κ3) is 4.30. The highest BCUT2D eigenvalue weighted by molar-refractivity contribution is 5.90. The Kier molecular flexibility index (Phi) is 5.37. The zero-order valence-corrected chi connectivity index (χ0v) is 17.0. The van der Waals surface area contributed by atoms with Crippen LogP contribution in [0.5, 0.6) is 0 Å². The summed E-state index contributed by atoms with van der Waals surface area (Å²) in [4.78, 5) is 21.3. The largest absolute Gasteiger partial charge is 0.327 e. The molecule has 0 radical (unpaired) electrons. The fourth-order valence-electron chi connectivity index (χ4n) is 3.72. The number of aromatic nitrogens is 2. The van der Waals surface area contributed by atoms with Crippen LogP contribution >= 0.6 is 0 Å². The first-order chi connectivity index (χ1) is 13.2. The molecule has 0 saturated heterocycles. The molecule has 146 valence electrons. The van der Waals surface area contributed by atoms with Crippen LogP contribution in [-0.4, -0.2) is 16.0 Å². The van der Waals surface area contributed by atoms with E-state index in [0.717, 1.165) is 42.5 Å². The van der Waals surface area contributed by atoms with Crippen molar-refractivity contribution in [3.05, 3.63) is 53.1 Å². The van der Waals surface area contributed by atoms with E-state index in [1.165, 1.54) is 0 Å². The standard InChI is InChI=1S/C22H27N5O/c1-15-5-6-16(2)17(13-15)25-20(28)27-22(10-8-21(3,4)9-11-22)18-7-12-24-19(14-23)26-18/h5-7,12-13H,8-11H2,1-4H3,(H2,25,27,28). The molecule has 1 aliphatic rings. The van der Waals surface area contributed by atoms with Crippen molar-refractivity contribution < 1.29 is 4.79 Å². The molecule has 1 aromatic carbocycles. The first-order valence-corrected chi connectivity index (χ1v) is 9.63. The Balaban J connectivity index is 1.88. The zero-order valence-electron chi connectivity index (χ0n) is 17.0. The number of benzene rings is 1. The van der Waals surface area contributed by atoms with Crippen LogP contribution in [-0.2, 0) is 5.54 Å². The van der Waals surface area contributed by atoms with Gasteiger partial charge in [0.25, 0.3) is 0 Å². The summed E-state index contributed by atoms with van der Waals surface area (Å²) >= 11 is 0. The molecular weight excluding hydrogens is 350 g/mol. The minimum Gasteiger partial charge on any atom is -0.327 e. The Bertz CT molecular complexity index is 919. The predicted octanol–water partition coefficient (Wildman–Crippen LogP) is 4.58. The number of aryl methyl sites for hydroxylation is 2. The fourth-order valence-corrected chi connectivity index (χ4v) is 3.72. The van der Waals surface area contributed by atoms with E-state index < -0.39 is 5.54 Å². The molecule has 0 aliphatic heterocycles.